The molecule has 1 unspecified atom stereocenters. The van der Waals surface area contributed by atoms with Gasteiger partial charge in [0.25, 0.3) is 0 Å². The molecule has 1 aliphatic heterocycles. The highest BCUT2D eigenvalue weighted by molar-refractivity contribution is 7.09. The van der Waals surface area contributed by atoms with Gasteiger partial charge in [-0.05, 0) is 36.6 Å². The highest BCUT2D eigenvalue weighted by Crippen LogP contribution is 2.17. The highest BCUT2D eigenvalue weighted by Gasteiger charge is 2.23. The third-order valence-electron chi connectivity index (χ3n) is 3.53. The molecule has 2 amide bonds. The van der Waals surface area contributed by atoms with Crippen molar-refractivity contribution in [3.8, 4) is 0 Å². The number of hydrogen-bond acceptors (Lipinski definition) is 2. The molecule has 1 aromatic heterocycles. The average molecular weight is 266 g/mol. The van der Waals surface area contributed by atoms with E-state index in [-0.39, 0.29) is 6.03 Å². The number of amides is 2. The quantitative estimate of drug-likeness (QED) is 0.824. The molecule has 0 aliphatic carbocycles. The van der Waals surface area contributed by atoms with Gasteiger partial charge in [0.1, 0.15) is 0 Å². The Labute approximate surface area is 113 Å². The Morgan fingerprint density at radius 2 is 2.44 bits per heavy atom. The second kappa shape index (κ2) is 6.23. The molecule has 0 aromatic carbocycles. The zero-order valence-electron chi connectivity index (χ0n) is 11.3. The lowest BCUT2D eigenvalue weighted by atomic mass is 10.0. The maximum atomic E-state index is 12.3. The molecule has 18 heavy (non-hydrogen) atoms. The van der Waals surface area contributed by atoms with Crippen molar-refractivity contribution >= 4 is 17.4 Å². The summed E-state index contributed by atoms with van der Waals surface area (Å²) >= 11 is 1.76. The van der Waals surface area contributed by atoms with Gasteiger partial charge in [0.05, 0.1) is 0 Å². The molecule has 0 radical (unpaired) electrons. The molecule has 3 nitrogen and oxygen atoms in total. The number of thiophene rings is 1. The summed E-state index contributed by atoms with van der Waals surface area (Å²) in [6, 6.07) is 4.39. The predicted molar refractivity (Wildman–Crippen MR) is 76.0 cm³/mol. The van der Waals surface area contributed by atoms with Crippen LogP contribution in [-0.4, -0.2) is 42.5 Å². The van der Waals surface area contributed by atoms with Gasteiger partial charge in [0.2, 0.25) is 0 Å². The second-order valence-corrected chi connectivity index (χ2v) is 6.26. The van der Waals surface area contributed by atoms with E-state index in [4.69, 9.17) is 0 Å². The molecular weight excluding hydrogens is 244 g/mol. The summed E-state index contributed by atoms with van der Waals surface area (Å²) in [7, 11) is 1.91. The summed E-state index contributed by atoms with van der Waals surface area (Å²) in [6.45, 7) is 4.88. The fourth-order valence-electron chi connectivity index (χ4n) is 2.43. The number of piperidine rings is 1. The molecule has 1 fully saturated rings. The topological polar surface area (TPSA) is 23.6 Å². The number of likely N-dealkylation sites (N-methyl/N-ethyl adjacent to an activating group) is 1. The number of rotatable bonds is 3. The van der Waals surface area contributed by atoms with E-state index >= 15 is 0 Å². The Kier molecular flexibility index (Phi) is 4.64. The molecule has 1 aromatic rings. The molecule has 0 spiro atoms. The number of carbonyl (C=O) groups excluding carboxylic acids is 1. The Balaban J connectivity index is 1.80. The maximum absolute atomic E-state index is 12.3. The third kappa shape index (κ3) is 3.48. The van der Waals surface area contributed by atoms with Crippen LogP contribution in [0.15, 0.2) is 17.5 Å². The first-order valence-electron chi connectivity index (χ1n) is 6.69. The van der Waals surface area contributed by atoms with E-state index in [1.54, 1.807) is 11.3 Å². The highest BCUT2D eigenvalue weighted by atomic mass is 32.1. The molecular formula is C14H22N2OS. The monoisotopic (exact) mass is 266 g/mol. The number of nitrogens with zero attached hydrogens (tertiary/aromatic N) is 2. The van der Waals surface area contributed by atoms with Gasteiger partial charge in [-0.15, -0.1) is 11.3 Å². The first-order chi connectivity index (χ1) is 8.66. The lowest BCUT2D eigenvalue weighted by molar-refractivity contribution is 0.140. The molecule has 0 bridgehead atoms. The normalized spacial score (nSPS) is 19.9. The van der Waals surface area contributed by atoms with Crippen LogP contribution in [0.1, 0.15) is 24.6 Å². The van der Waals surface area contributed by atoms with Crippen molar-refractivity contribution in [2.24, 2.45) is 5.92 Å². The summed E-state index contributed by atoms with van der Waals surface area (Å²) in [5.41, 5.74) is 0. The first kappa shape index (κ1) is 13.4. The lowest BCUT2D eigenvalue weighted by Crippen LogP contribution is -2.46. The van der Waals surface area contributed by atoms with Gasteiger partial charge in [0.15, 0.2) is 0 Å². The van der Waals surface area contributed by atoms with Crippen LogP contribution in [0, 0.1) is 5.92 Å². The number of urea groups is 1. The van der Waals surface area contributed by atoms with Crippen molar-refractivity contribution in [1.82, 2.24) is 9.80 Å². The molecule has 2 heterocycles. The van der Waals surface area contributed by atoms with Crippen LogP contribution in [0.2, 0.25) is 0 Å². The largest absolute Gasteiger partial charge is 0.327 e. The fraction of sp³-hybridized carbons (Fsp3) is 0.643. The van der Waals surface area contributed by atoms with E-state index in [0.717, 1.165) is 32.5 Å². The van der Waals surface area contributed by atoms with Crippen LogP contribution in [0.3, 0.4) is 0 Å². The minimum absolute atomic E-state index is 0.193. The fourth-order valence-corrected chi connectivity index (χ4v) is 3.13. The summed E-state index contributed by atoms with van der Waals surface area (Å²) in [6.07, 6.45) is 3.36. The van der Waals surface area contributed by atoms with E-state index in [0.29, 0.717) is 5.92 Å². The second-order valence-electron chi connectivity index (χ2n) is 5.23. The van der Waals surface area contributed by atoms with Crippen LogP contribution in [0.5, 0.6) is 0 Å². The summed E-state index contributed by atoms with van der Waals surface area (Å²) in [5, 5.41) is 2.09. The van der Waals surface area contributed by atoms with Crippen molar-refractivity contribution in [3.63, 3.8) is 0 Å². The van der Waals surface area contributed by atoms with Crippen molar-refractivity contribution < 1.29 is 4.79 Å². The Morgan fingerprint density at radius 3 is 3.11 bits per heavy atom. The van der Waals surface area contributed by atoms with Crippen LogP contribution in [0.4, 0.5) is 4.79 Å². The van der Waals surface area contributed by atoms with Crippen molar-refractivity contribution in [1.29, 1.82) is 0 Å². The Bertz CT molecular complexity index is 377. The average Bonchev–Trinajstić information content (AvgIpc) is 2.88. The summed E-state index contributed by atoms with van der Waals surface area (Å²) < 4.78 is 0. The van der Waals surface area contributed by atoms with Gasteiger partial charge in [-0.2, -0.15) is 0 Å². The summed E-state index contributed by atoms with van der Waals surface area (Å²) in [5.74, 6) is 0.647. The maximum Gasteiger partial charge on any atom is 0.319 e. The van der Waals surface area contributed by atoms with Gasteiger partial charge >= 0.3 is 6.03 Å². The molecule has 4 heteroatoms. The van der Waals surface area contributed by atoms with E-state index in [9.17, 15) is 4.79 Å². The Hall–Kier alpha value is -1.03. The van der Waals surface area contributed by atoms with Gasteiger partial charge in [-0.25, -0.2) is 4.79 Å². The van der Waals surface area contributed by atoms with Crippen LogP contribution >= 0.6 is 11.3 Å². The number of hydrogen-bond donors (Lipinski definition) is 0. The molecule has 100 valence electrons. The van der Waals surface area contributed by atoms with Gasteiger partial charge in [0, 0.05) is 31.6 Å². The molecule has 0 saturated carbocycles. The minimum Gasteiger partial charge on any atom is -0.327 e. The van der Waals surface area contributed by atoms with Crippen molar-refractivity contribution in [3.05, 3.63) is 22.4 Å². The number of carbonyl (C=O) groups is 1. The van der Waals surface area contributed by atoms with Gasteiger partial charge in [-0.3, -0.25) is 0 Å². The van der Waals surface area contributed by atoms with Gasteiger partial charge in [-0.1, -0.05) is 13.0 Å². The van der Waals surface area contributed by atoms with Crippen LogP contribution in [0.25, 0.3) is 0 Å². The summed E-state index contributed by atoms with van der Waals surface area (Å²) in [4.78, 5) is 17.5. The minimum atomic E-state index is 0.193. The van der Waals surface area contributed by atoms with Crippen LogP contribution in [-0.2, 0) is 6.42 Å². The Morgan fingerprint density at radius 1 is 1.61 bits per heavy atom. The lowest BCUT2D eigenvalue weighted by Gasteiger charge is -2.34. The molecule has 1 saturated heterocycles. The number of likely N-dealkylation sites (tertiary alicyclic amines) is 1. The standard InChI is InChI=1S/C14H22N2OS/c1-12-5-3-8-16(11-12)14(17)15(2)9-7-13-6-4-10-18-13/h4,6,10,12H,3,5,7-9,11H2,1-2H3. The van der Waals surface area contributed by atoms with E-state index in [1.165, 1.54) is 11.3 Å². The zero-order valence-corrected chi connectivity index (χ0v) is 12.1. The third-order valence-corrected chi connectivity index (χ3v) is 4.46. The molecule has 1 aliphatic rings. The molecule has 1 atom stereocenters. The van der Waals surface area contributed by atoms with Crippen molar-refractivity contribution in [2.75, 3.05) is 26.7 Å². The molecule has 0 N–H and O–H groups in total. The van der Waals surface area contributed by atoms with Crippen LogP contribution < -0.4 is 0 Å². The smallest absolute Gasteiger partial charge is 0.319 e. The SMILES string of the molecule is CC1CCCN(C(=O)N(C)CCc2cccs2)C1. The zero-order chi connectivity index (χ0) is 13.0. The van der Waals surface area contributed by atoms with E-state index in [1.807, 2.05) is 16.8 Å². The van der Waals surface area contributed by atoms with E-state index < -0.39 is 0 Å². The molecule has 2 rings (SSSR count). The van der Waals surface area contributed by atoms with E-state index in [2.05, 4.69) is 24.4 Å². The van der Waals surface area contributed by atoms with Gasteiger partial charge < -0.3 is 9.80 Å². The van der Waals surface area contributed by atoms with Crippen molar-refractivity contribution in [2.45, 2.75) is 26.2 Å². The predicted octanol–water partition coefficient (Wildman–Crippen LogP) is 3.07. The first-order valence-corrected chi connectivity index (χ1v) is 7.57.